The second-order valence-corrected chi connectivity index (χ2v) is 3.88. The van der Waals surface area contributed by atoms with Gasteiger partial charge in [-0.2, -0.15) is 0 Å². The van der Waals surface area contributed by atoms with Gasteiger partial charge in [0.2, 0.25) is 0 Å². The molecule has 0 aliphatic heterocycles. The number of aryl methyl sites for hydroxylation is 1. The van der Waals surface area contributed by atoms with E-state index in [1.165, 1.54) is 0 Å². The van der Waals surface area contributed by atoms with Crippen molar-refractivity contribution >= 4 is 0 Å². The van der Waals surface area contributed by atoms with Crippen LogP contribution in [0.15, 0.2) is 12.1 Å². The fraction of sp³-hybridized carbons (Fsp3) is 0.538. The predicted octanol–water partition coefficient (Wildman–Crippen LogP) is 1.81. The Morgan fingerprint density at radius 2 is 1.81 bits per heavy atom. The minimum atomic E-state index is 0.0408. The van der Waals surface area contributed by atoms with Gasteiger partial charge in [0.1, 0.15) is 5.75 Å². The van der Waals surface area contributed by atoms with Gasteiger partial charge < -0.3 is 14.9 Å². The van der Waals surface area contributed by atoms with E-state index in [2.05, 4.69) is 0 Å². The van der Waals surface area contributed by atoms with Gasteiger partial charge in [-0.15, -0.1) is 0 Å². The number of rotatable bonds is 6. The maximum Gasteiger partial charge on any atom is 0.125 e. The molecule has 3 heteroatoms. The van der Waals surface area contributed by atoms with Crippen molar-refractivity contribution in [2.24, 2.45) is 0 Å². The monoisotopic (exact) mass is 224 g/mol. The van der Waals surface area contributed by atoms with Gasteiger partial charge in [0.25, 0.3) is 0 Å². The first-order chi connectivity index (χ1) is 7.74. The van der Waals surface area contributed by atoms with Crippen LogP contribution in [-0.2, 0) is 13.0 Å². The molecule has 90 valence electrons. The van der Waals surface area contributed by atoms with E-state index in [0.717, 1.165) is 41.7 Å². The van der Waals surface area contributed by atoms with Gasteiger partial charge in [-0.05, 0) is 42.9 Å². The van der Waals surface area contributed by atoms with E-state index in [1.807, 2.05) is 19.1 Å². The third-order valence-corrected chi connectivity index (χ3v) is 2.83. The lowest BCUT2D eigenvalue weighted by molar-refractivity contribution is 0.279. The molecule has 0 aliphatic carbocycles. The highest BCUT2D eigenvalue weighted by Crippen LogP contribution is 2.27. The average Bonchev–Trinajstić information content (AvgIpc) is 2.30. The van der Waals surface area contributed by atoms with E-state index in [9.17, 15) is 0 Å². The van der Waals surface area contributed by atoms with E-state index in [1.54, 1.807) is 7.11 Å². The van der Waals surface area contributed by atoms with Crippen molar-refractivity contribution in [2.45, 2.75) is 32.8 Å². The molecule has 0 amide bonds. The number of aliphatic hydroxyl groups is 2. The molecule has 0 aromatic heterocycles. The van der Waals surface area contributed by atoms with Gasteiger partial charge >= 0.3 is 0 Å². The van der Waals surface area contributed by atoms with E-state index < -0.39 is 0 Å². The minimum absolute atomic E-state index is 0.0408. The topological polar surface area (TPSA) is 49.7 Å². The van der Waals surface area contributed by atoms with E-state index in [4.69, 9.17) is 14.9 Å². The molecule has 0 heterocycles. The molecule has 0 bridgehead atoms. The molecule has 0 radical (unpaired) electrons. The van der Waals surface area contributed by atoms with Crippen LogP contribution in [0.4, 0.5) is 0 Å². The number of unbranched alkanes of at least 4 members (excludes halogenated alkanes) is 1. The summed E-state index contributed by atoms with van der Waals surface area (Å²) < 4.78 is 5.38. The maximum atomic E-state index is 9.15. The van der Waals surface area contributed by atoms with Gasteiger partial charge in [0, 0.05) is 6.61 Å². The molecular weight excluding hydrogens is 204 g/mol. The van der Waals surface area contributed by atoms with Crippen LogP contribution in [0.2, 0.25) is 0 Å². The zero-order valence-electron chi connectivity index (χ0n) is 9.99. The van der Waals surface area contributed by atoms with Gasteiger partial charge in [0.05, 0.1) is 13.7 Å². The van der Waals surface area contributed by atoms with Crippen molar-refractivity contribution in [3.63, 3.8) is 0 Å². The summed E-state index contributed by atoms with van der Waals surface area (Å²) in [4.78, 5) is 0. The Hall–Kier alpha value is -1.06. The summed E-state index contributed by atoms with van der Waals surface area (Å²) in [6, 6.07) is 3.93. The number of hydrogen-bond donors (Lipinski definition) is 2. The maximum absolute atomic E-state index is 9.15. The zero-order valence-corrected chi connectivity index (χ0v) is 9.99. The van der Waals surface area contributed by atoms with Crippen LogP contribution < -0.4 is 4.74 Å². The van der Waals surface area contributed by atoms with Gasteiger partial charge in [-0.3, -0.25) is 0 Å². The first-order valence-corrected chi connectivity index (χ1v) is 5.61. The molecule has 0 saturated heterocycles. The van der Waals surface area contributed by atoms with Crippen LogP contribution in [0.5, 0.6) is 5.75 Å². The number of benzene rings is 1. The fourth-order valence-corrected chi connectivity index (χ4v) is 1.87. The van der Waals surface area contributed by atoms with Crippen LogP contribution in [0.1, 0.15) is 29.5 Å². The summed E-state index contributed by atoms with van der Waals surface area (Å²) >= 11 is 0. The fourth-order valence-electron chi connectivity index (χ4n) is 1.87. The summed E-state index contributed by atoms with van der Waals surface area (Å²) in [6.07, 6.45) is 2.66. The third kappa shape index (κ3) is 2.97. The zero-order chi connectivity index (χ0) is 12.0. The summed E-state index contributed by atoms with van der Waals surface area (Å²) in [5, 5.41) is 17.9. The first-order valence-electron chi connectivity index (χ1n) is 5.61. The second-order valence-electron chi connectivity index (χ2n) is 3.88. The van der Waals surface area contributed by atoms with Crippen LogP contribution in [-0.4, -0.2) is 23.9 Å². The molecule has 1 rings (SSSR count). The third-order valence-electron chi connectivity index (χ3n) is 2.83. The molecular formula is C13H20O3. The van der Waals surface area contributed by atoms with Crippen molar-refractivity contribution in [1.29, 1.82) is 0 Å². The Bertz CT molecular complexity index is 334. The molecule has 0 unspecified atom stereocenters. The molecule has 2 N–H and O–H groups in total. The Morgan fingerprint density at radius 3 is 2.38 bits per heavy atom. The molecule has 0 atom stereocenters. The number of hydrogen-bond acceptors (Lipinski definition) is 3. The molecule has 1 aromatic carbocycles. The van der Waals surface area contributed by atoms with Gasteiger partial charge in [-0.25, -0.2) is 0 Å². The quantitative estimate of drug-likeness (QED) is 0.724. The van der Waals surface area contributed by atoms with Crippen molar-refractivity contribution in [2.75, 3.05) is 13.7 Å². The molecule has 16 heavy (non-hydrogen) atoms. The molecule has 1 aromatic rings. The molecule has 0 aliphatic rings. The van der Waals surface area contributed by atoms with Crippen molar-refractivity contribution in [3.8, 4) is 5.75 Å². The lowest BCUT2D eigenvalue weighted by Crippen LogP contribution is -1.99. The molecule has 0 saturated carbocycles. The van der Waals surface area contributed by atoms with Gasteiger partial charge in [-0.1, -0.05) is 12.1 Å². The number of methoxy groups -OCH3 is 1. The van der Waals surface area contributed by atoms with Crippen LogP contribution in [0.25, 0.3) is 0 Å². The Labute approximate surface area is 96.7 Å². The van der Waals surface area contributed by atoms with Gasteiger partial charge in [0.15, 0.2) is 0 Å². The van der Waals surface area contributed by atoms with E-state index >= 15 is 0 Å². The number of ether oxygens (including phenoxy) is 1. The Balaban J connectivity index is 2.88. The lowest BCUT2D eigenvalue weighted by atomic mass is 10.00. The predicted molar refractivity (Wildman–Crippen MR) is 63.7 cm³/mol. The lowest BCUT2D eigenvalue weighted by Gasteiger charge is -2.14. The van der Waals surface area contributed by atoms with Crippen molar-refractivity contribution < 1.29 is 14.9 Å². The van der Waals surface area contributed by atoms with Crippen LogP contribution in [0.3, 0.4) is 0 Å². The standard InChI is InChI=1S/C13H20O3/c1-10-12(9-15)7-6-11(13(10)16-2)5-3-4-8-14/h6-7,14-15H,3-5,8-9H2,1-2H3. The smallest absolute Gasteiger partial charge is 0.125 e. The average molecular weight is 224 g/mol. The second kappa shape index (κ2) is 6.51. The van der Waals surface area contributed by atoms with Crippen LogP contribution >= 0.6 is 0 Å². The highest BCUT2D eigenvalue weighted by atomic mass is 16.5. The SMILES string of the molecule is COc1c(CCCCO)ccc(CO)c1C. The van der Waals surface area contributed by atoms with E-state index in [-0.39, 0.29) is 13.2 Å². The summed E-state index contributed by atoms with van der Waals surface area (Å²) in [5.41, 5.74) is 3.06. The first kappa shape index (κ1) is 13.0. The summed E-state index contributed by atoms with van der Waals surface area (Å²) in [7, 11) is 1.65. The summed E-state index contributed by atoms with van der Waals surface area (Å²) in [5.74, 6) is 0.865. The Kier molecular flexibility index (Phi) is 5.29. The summed E-state index contributed by atoms with van der Waals surface area (Å²) in [6.45, 7) is 2.23. The highest BCUT2D eigenvalue weighted by Gasteiger charge is 2.09. The minimum Gasteiger partial charge on any atom is -0.496 e. The molecule has 0 fully saturated rings. The number of aliphatic hydroxyl groups excluding tert-OH is 2. The Morgan fingerprint density at radius 1 is 1.12 bits per heavy atom. The molecule has 3 nitrogen and oxygen atoms in total. The largest absolute Gasteiger partial charge is 0.496 e. The highest BCUT2D eigenvalue weighted by molar-refractivity contribution is 5.45. The van der Waals surface area contributed by atoms with Crippen LogP contribution in [0, 0.1) is 6.92 Å². The van der Waals surface area contributed by atoms with Crippen molar-refractivity contribution in [3.05, 3.63) is 28.8 Å². The van der Waals surface area contributed by atoms with Crippen molar-refractivity contribution in [1.82, 2.24) is 0 Å². The normalized spacial score (nSPS) is 10.5. The molecule has 0 spiro atoms. The van der Waals surface area contributed by atoms with E-state index in [0.29, 0.717) is 0 Å².